The van der Waals surface area contributed by atoms with Crippen LogP contribution >= 0.6 is 34.2 Å². The van der Waals surface area contributed by atoms with Crippen molar-refractivity contribution in [3.63, 3.8) is 0 Å². The highest BCUT2D eigenvalue weighted by atomic mass is 127. The number of nitrogens with one attached hydrogen (secondary N) is 1. The van der Waals surface area contributed by atoms with E-state index >= 15 is 0 Å². The molecule has 2 aromatic carbocycles. The van der Waals surface area contributed by atoms with E-state index in [2.05, 4.69) is 27.9 Å². The maximum Gasteiger partial charge on any atom is 0.162 e. The quantitative estimate of drug-likeness (QED) is 0.714. The van der Waals surface area contributed by atoms with E-state index in [-0.39, 0.29) is 5.75 Å². The van der Waals surface area contributed by atoms with Crippen molar-refractivity contribution in [2.45, 2.75) is 13.5 Å². The second kappa shape index (κ2) is 7.04. The summed E-state index contributed by atoms with van der Waals surface area (Å²) in [6.07, 6.45) is 0. The predicted octanol–water partition coefficient (Wildman–Crippen LogP) is 4.66. The summed E-state index contributed by atoms with van der Waals surface area (Å²) in [6, 6.07) is 11.3. The van der Waals surface area contributed by atoms with Crippen molar-refractivity contribution in [2.75, 3.05) is 11.9 Å². The number of phenolic OH excluding ortho intramolecular Hbond substituents is 1. The number of benzene rings is 2. The number of hydrogen-bond donors (Lipinski definition) is 2. The standard InChI is InChI=1S/C15H15ClINO2/c1-2-20-14-5-3-4-10(15(14)19)9-18-13-7-6-11(17)8-12(13)16/h3-8,18-19H,2,9H2,1H3. The molecule has 0 unspecified atom stereocenters. The third kappa shape index (κ3) is 3.70. The molecule has 2 rings (SSSR count). The Bertz CT molecular complexity index is 604. The van der Waals surface area contributed by atoms with Crippen molar-refractivity contribution in [1.29, 1.82) is 0 Å². The van der Waals surface area contributed by atoms with Crippen LogP contribution in [0.5, 0.6) is 11.5 Å². The van der Waals surface area contributed by atoms with Crippen LogP contribution in [0, 0.1) is 3.57 Å². The van der Waals surface area contributed by atoms with Gasteiger partial charge in [0, 0.05) is 15.7 Å². The molecule has 0 aromatic heterocycles. The Morgan fingerprint density at radius 2 is 2.10 bits per heavy atom. The van der Waals surface area contributed by atoms with Gasteiger partial charge in [0.05, 0.1) is 17.3 Å². The molecule has 2 aromatic rings. The molecule has 0 aliphatic rings. The molecule has 0 atom stereocenters. The largest absolute Gasteiger partial charge is 0.504 e. The van der Waals surface area contributed by atoms with E-state index in [1.165, 1.54) is 0 Å². The fraction of sp³-hybridized carbons (Fsp3) is 0.200. The number of aromatic hydroxyl groups is 1. The van der Waals surface area contributed by atoms with Crippen LogP contribution in [0.2, 0.25) is 5.02 Å². The molecule has 3 nitrogen and oxygen atoms in total. The first-order valence-electron chi connectivity index (χ1n) is 6.24. The molecule has 20 heavy (non-hydrogen) atoms. The molecule has 2 N–H and O–H groups in total. The van der Waals surface area contributed by atoms with Crippen LogP contribution in [-0.2, 0) is 6.54 Å². The predicted molar refractivity (Wildman–Crippen MR) is 90.8 cm³/mol. The molecule has 0 heterocycles. The summed E-state index contributed by atoms with van der Waals surface area (Å²) in [4.78, 5) is 0. The molecule has 0 saturated heterocycles. The number of rotatable bonds is 5. The van der Waals surface area contributed by atoms with E-state index in [4.69, 9.17) is 16.3 Å². The zero-order valence-corrected chi connectivity index (χ0v) is 13.9. The van der Waals surface area contributed by atoms with Gasteiger partial charge < -0.3 is 15.2 Å². The number of halogens is 2. The van der Waals surface area contributed by atoms with E-state index in [9.17, 15) is 5.11 Å². The second-order valence-electron chi connectivity index (χ2n) is 4.17. The van der Waals surface area contributed by atoms with Crippen LogP contribution in [0.4, 0.5) is 5.69 Å². The van der Waals surface area contributed by atoms with Crippen LogP contribution in [0.25, 0.3) is 0 Å². The molecular formula is C15H15ClINO2. The van der Waals surface area contributed by atoms with Gasteiger partial charge in [-0.05, 0) is 53.8 Å². The number of phenols is 1. The first kappa shape index (κ1) is 15.3. The van der Waals surface area contributed by atoms with Gasteiger partial charge in [-0.2, -0.15) is 0 Å². The van der Waals surface area contributed by atoms with Crippen molar-refractivity contribution in [2.24, 2.45) is 0 Å². The van der Waals surface area contributed by atoms with Gasteiger partial charge in [0.1, 0.15) is 0 Å². The van der Waals surface area contributed by atoms with E-state index in [0.717, 1.165) is 14.8 Å². The molecule has 0 aliphatic heterocycles. The number of para-hydroxylation sites is 1. The Labute approximate surface area is 137 Å². The van der Waals surface area contributed by atoms with E-state index in [0.29, 0.717) is 23.9 Å². The van der Waals surface area contributed by atoms with Gasteiger partial charge >= 0.3 is 0 Å². The molecule has 0 bridgehead atoms. The van der Waals surface area contributed by atoms with E-state index < -0.39 is 0 Å². The van der Waals surface area contributed by atoms with Crippen molar-refractivity contribution < 1.29 is 9.84 Å². The van der Waals surface area contributed by atoms with Crippen LogP contribution in [-0.4, -0.2) is 11.7 Å². The molecule has 0 amide bonds. The maximum absolute atomic E-state index is 10.1. The van der Waals surface area contributed by atoms with Gasteiger partial charge in [0.15, 0.2) is 11.5 Å². The van der Waals surface area contributed by atoms with Crippen LogP contribution in [0.3, 0.4) is 0 Å². The first-order valence-corrected chi connectivity index (χ1v) is 7.70. The van der Waals surface area contributed by atoms with Crippen LogP contribution in [0.1, 0.15) is 12.5 Å². The van der Waals surface area contributed by atoms with Gasteiger partial charge in [0.25, 0.3) is 0 Å². The molecule has 106 valence electrons. The summed E-state index contributed by atoms with van der Waals surface area (Å²) in [7, 11) is 0. The Morgan fingerprint density at radius 1 is 1.30 bits per heavy atom. The summed E-state index contributed by atoms with van der Waals surface area (Å²) in [6.45, 7) is 2.89. The fourth-order valence-corrected chi connectivity index (χ4v) is 2.73. The van der Waals surface area contributed by atoms with Crippen molar-refractivity contribution in [3.8, 4) is 11.5 Å². The van der Waals surface area contributed by atoms with Crippen LogP contribution < -0.4 is 10.1 Å². The van der Waals surface area contributed by atoms with Crippen molar-refractivity contribution in [3.05, 3.63) is 50.6 Å². The second-order valence-corrected chi connectivity index (χ2v) is 5.83. The first-order chi connectivity index (χ1) is 9.61. The van der Waals surface area contributed by atoms with Gasteiger partial charge in [0.2, 0.25) is 0 Å². The molecular weight excluding hydrogens is 389 g/mol. The lowest BCUT2D eigenvalue weighted by molar-refractivity contribution is 0.317. The third-order valence-electron chi connectivity index (χ3n) is 2.78. The Hall–Kier alpha value is -1.14. The van der Waals surface area contributed by atoms with Crippen LogP contribution in [0.15, 0.2) is 36.4 Å². The minimum atomic E-state index is 0.170. The zero-order valence-electron chi connectivity index (χ0n) is 11.0. The lowest BCUT2D eigenvalue weighted by Crippen LogP contribution is -2.01. The topological polar surface area (TPSA) is 41.5 Å². The third-order valence-corrected chi connectivity index (χ3v) is 3.77. The Morgan fingerprint density at radius 3 is 2.80 bits per heavy atom. The SMILES string of the molecule is CCOc1cccc(CNc2ccc(I)cc2Cl)c1O. The van der Waals surface area contributed by atoms with Gasteiger partial charge in [-0.3, -0.25) is 0 Å². The number of ether oxygens (including phenoxy) is 1. The highest BCUT2D eigenvalue weighted by Gasteiger charge is 2.08. The minimum absolute atomic E-state index is 0.170. The number of anilines is 1. The smallest absolute Gasteiger partial charge is 0.162 e. The molecule has 0 aliphatic carbocycles. The highest BCUT2D eigenvalue weighted by Crippen LogP contribution is 2.31. The molecule has 0 spiro atoms. The summed E-state index contributed by atoms with van der Waals surface area (Å²) < 4.78 is 6.45. The monoisotopic (exact) mass is 403 g/mol. The summed E-state index contributed by atoms with van der Waals surface area (Å²) in [5.74, 6) is 0.670. The average Bonchev–Trinajstić information content (AvgIpc) is 2.42. The van der Waals surface area contributed by atoms with Gasteiger partial charge in [-0.15, -0.1) is 0 Å². The summed E-state index contributed by atoms with van der Waals surface area (Å²) in [5.41, 5.74) is 1.61. The Balaban J connectivity index is 2.12. The van der Waals surface area contributed by atoms with Crippen molar-refractivity contribution in [1.82, 2.24) is 0 Å². The fourth-order valence-electron chi connectivity index (χ4n) is 1.81. The molecule has 5 heteroatoms. The summed E-state index contributed by atoms with van der Waals surface area (Å²) in [5, 5.41) is 14.0. The average molecular weight is 404 g/mol. The minimum Gasteiger partial charge on any atom is -0.504 e. The van der Waals surface area contributed by atoms with E-state index in [1.54, 1.807) is 6.07 Å². The molecule has 0 fully saturated rings. The lowest BCUT2D eigenvalue weighted by atomic mass is 10.2. The van der Waals surface area contributed by atoms with Gasteiger partial charge in [-0.25, -0.2) is 0 Å². The Kier molecular flexibility index (Phi) is 5.37. The highest BCUT2D eigenvalue weighted by molar-refractivity contribution is 14.1. The van der Waals surface area contributed by atoms with Gasteiger partial charge in [-0.1, -0.05) is 23.7 Å². The summed E-state index contributed by atoms with van der Waals surface area (Å²) >= 11 is 8.37. The normalized spacial score (nSPS) is 10.3. The van der Waals surface area contributed by atoms with E-state index in [1.807, 2.05) is 37.3 Å². The maximum atomic E-state index is 10.1. The lowest BCUT2D eigenvalue weighted by Gasteiger charge is -2.12. The number of hydrogen-bond acceptors (Lipinski definition) is 3. The zero-order chi connectivity index (χ0) is 14.5. The molecule has 0 saturated carbocycles. The van der Waals surface area contributed by atoms with Crippen molar-refractivity contribution >= 4 is 39.9 Å². The molecule has 0 radical (unpaired) electrons.